The first-order chi connectivity index (χ1) is 17.8. The number of fused-ring (bicyclic) bond motifs is 2. The van der Waals surface area contributed by atoms with Crippen LogP contribution in [0.1, 0.15) is 97.1 Å². The molecule has 0 amide bonds. The lowest BCUT2D eigenvalue weighted by Gasteiger charge is -2.33. The van der Waals surface area contributed by atoms with Crippen LogP contribution < -0.4 is 5.73 Å². The van der Waals surface area contributed by atoms with E-state index >= 15 is 0 Å². The number of nitrogens with two attached hydrogens (primary N) is 1. The number of rotatable bonds is 3. The number of ether oxygens (including phenoxy) is 2. The molecule has 4 N–H and O–H groups in total. The van der Waals surface area contributed by atoms with Gasteiger partial charge >= 0.3 is 5.97 Å². The number of oxazole rings is 1. The van der Waals surface area contributed by atoms with E-state index < -0.39 is 35.0 Å². The Labute approximate surface area is 224 Å². The fourth-order valence-corrected chi connectivity index (χ4v) is 5.77. The molecule has 38 heavy (non-hydrogen) atoms. The zero-order chi connectivity index (χ0) is 27.9. The summed E-state index contributed by atoms with van der Waals surface area (Å²) in [6.07, 6.45) is 1.36. The van der Waals surface area contributed by atoms with Crippen LogP contribution in [-0.4, -0.2) is 44.4 Å². The molecule has 210 valence electrons. The minimum Gasteiger partial charge on any atom is -0.457 e. The number of aliphatic hydroxyl groups excluding tert-OH is 1. The molecule has 2 saturated heterocycles. The lowest BCUT2D eigenvalue weighted by Crippen LogP contribution is -2.42. The molecule has 4 rings (SSSR count). The molecule has 0 bridgehead atoms. The van der Waals surface area contributed by atoms with Crippen molar-refractivity contribution in [2.45, 2.75) is 110 Å². The van der Waals surface area contributed by atoms with Crippen molar-refractivity contribution >= 4 is 22.9 Å². The zero-order valence-electron chi connectivity index (χ0n) is 23.2. The maximum absolute atomic E-state index is 13.5. The third-order valence-corrected chi connectivity index (χ3v) is 8.65. The largest absolute Gasteiger partial charge is 0.457 e. The first kappa shape index (κ1) is 28.7. The number of carbonyl (C=O) groups is 2. The van der Waals surface area contributed by atoms with E-state index in [1.165, 1.54) is 0 Å². The van der Waals surface area contributed by atoms with Gasteiger partial charge in [0.15, 0.2) is 11.4 Å². The van der Waals surface area contributed by atoms with Gasteiger partial charge in [-0.3, -0.25) is 9.59 Å². The van der Waals surface area contributed by atoms with Crippen molar-refractivity contribution in [1.82, 2.24) is 4.98 Å². The van der Waals surface area contributed by atoms with Crippen LogP contribution in [0.5, 0.6) is 0 Å². The Morgan fingerprint density at radius 3 is 2.63 bits per heavy atom. The normalized spacial score (nSPS) is 35.1. The summed E-state index contributed by atoms with van der Waals surface area (Å²) in [6, 6.07) is 5.23. The van der Waals surface area contributed by atoms with Gasteiger partial charge in [0, 0.05) is 12.3 Å². The highest BCUT2D eigenvalue weighted by Gasteiger charge is 2.66. The van der Waals surface area contributed by atoms with E-state index in [4.69, 9.17) is 19.6 Å². The van der Waals surface area contributed by atoms with Crippen LogP contribution in [-0.2, 0) is 25.6 Å². The van der Waals surface area contributed by atoms with E-state index in [0.29, 0.717) is 41.3 Å². The number of ketones is 1. The monoisotopic (exact) mass is 530 g/mol. The van der Waals surface area contributed by atoms with Crippen LogP contribution in [0.25, 0.3) is 11.1 Å². The smallest absolute Gasteiger partial charge is 0.309 e. The standard InChI is InChI=1S/C29H42N2O7/c1-6-18-12-17(2)8-7-11-28(5)29(35,38-28)15-22(37-25(33)14-23(32)27(3,4)26(18)34)19-9-10-21-20(13-19)31-24(16-30)36-21/h9-10,13,17-18,22-23,32,35H,6-8,11-12,14-16,30H2,1-5H3. The molecule has 1 aromatic carbocycles. The van der Waals surface area contributed by atoms with Gasteiger partial charge in [-0.1, -0.05) is 46.6 Å². The Hall–Kier alpha value is -2.33. The highest BCUT2D eigenvalue weighted by atomic mass is 16.8. The molecule has 3 heterocycles. The van der Waals surface area contributed by atoms with Crippen molar-refractivity contribution in [1.29, 1.82) is 0 Å². The van der Waals surface area contributed by atoms with Gasteiger partial charge in [-0.15, -0.1) is 0 Å². The van der Waals surface area contributed by atoms with Gasteiger partial charge in [-0.25, -0.2) is 4.98 Å². The van der Waals surface area contributed by atoms with Gasteiger partial charge in [0.2, 0.25) is 5.89 Å². The molecule has 0 aliphatic carbocycles. The van der Waals surface area contributed by atoms with Crippen LogP contribution in [0.3, 0.4) is 0 Å². The summed E-state index contributed by atoms with van der Waals surface area (Å²) in [7, 11) is 0. The lowest BCUT2D eigenvalue weighted by molar-refractivity contribution is -0.158. The molecule has 2 fully saturated rings. The van der Waals surface area contributed by atoms with Crippen molar-refractivity contribution < 1.29 is 33.7 Å². The molecule has 0 radical (unpaired) electrons. The molecular weight excluding hydrogens is 488 g/mol. The molecule has 1 aromatic heterocycles. The molecule has 2 aliphatic rings. The summed E-state index contributed by atoms with van der Waals surface area (Å²) in [5.74, 6) is -1.67. The molecule has 9 nitrogen and oxygen atoms in total. The first-order valence-electron chi connectivity index (χ1n) is 13.8. The number of aliphatic hydroxyl groups is 2. The molecule has 9 heteroatoms. The fraction of sp³-hybridized carbons (Fsp3) is 0.690. The highest BCUT2D eigenvalue weighted by molar-refractivity contribution is 5.87. The first-order valence-corrected chi connectivity index (χ1v) is 13.8. The predicted octanol–water partition coefficient (Wildman–Crippen LogP) is 4.32. The molecule has 2 aromatic rings. The number of aromatic nitrogens is 1. The van der Waals surface area contributed by atoms with E-state index in [0.717, 1.165) is 19.3 Å². The number of epoxide rings is 1. The predicted molar refractivity (Wildman–Crippen MR) is 141 cm³/mol. The van der Waals surface area contributed by atoms with Gasteiger partial charge in [-0.05, 0) is 49.8 Å². The number of nitrogens with zero attached hydrogens (tertiary/aromatic N) is 1. The topological polar surface area (TPSA) is 148 Å². The second-order valence-electron chi connectivity index (χ2n) is 12.0. The van der Waals surface area contributed by atoms with E-state index in [1.807, 2.05) is 13.8 Å². The van der Waals surface area contributed by atoms with Crippen molar-refractivity contribution in [2.24, 2.45) is 23.0 Å². The molecule has 2 aliphatic heterocycles. The summed E-state index contributed by atoms with van der Waals surface area (Å²) in [4.78, 5) is 30.9. The number of cyclic esters (lactones) is 1. The summed E-state index contributed by atoms with van der Waals surface area (Å²) in [5.41, 5.74) is 5.51. The van der Waals surface area contributed by atoms with Crippen LogP contribution >= 0.6 is 0 Å². The van der Waals surface area contributed by atoms with Gasteiger partial charge in [0.05, 0.1) is 24.5 Å². The number of esters is 1. The number of carbonyl (C=O) groups excluding carboxylic acids is 2. The van der Waals surface area contributed by atoms with E-state index in [9.17, 15) is 19.8 Å². The van der Waals surface area contributed by atoms with Crippen molar-refractivity contribution in [3.05, 3.63) is 29.7 Å². The van der Waals surface area contributed by atoms with Gasteiger partial charge in [-0.2, -0.15) is 0 Å². The summed E-state index contributed by atoms with van der Waals surface area (Å²) in [5, 5.41) is 22.4. The Kier molecular flexibility index (Phi) is 8.06. The molecule has 6 atom stereocenters. The maximum Gasteiger partial charge on any atom is 0.309 e. The SMILES string of the molecule is CCC1CC(C)CCCC2(C)OC2(O)CC(c2ccc3oc(CN)nc3c2)OC(=O)CC(O)C(C)(C)C1=O. The van der Waals surface area contributed by atoms with E-state index in [-0.39, 0.29) is 31.1 Å². The van der Waals surface area contributed by atoms with Crippen molar-refractivity contribution in [3.8, 4) is 0 Å². The number of benzene rings is 1. The fourth-order valence-electron chi connectivity index (χ4n) is 5.77. The minimum atomic E-state index is -1.46. The van der Waals surface area contributed by atoms with Gasteiger partial charge in [0.1, 0.15) is 23.0 Å². The number of hydrogen-bond acceptors (Lipinski definition) is 9. The highest BCUT2D eigenvalue weighted by Crippen LogP contribution is 2.54. The second-order valence-corrected chi connectivity index (χ2v) is 12.0. The summed E-state index contributed by atoms with van der Waals surface area (Å²) >= 11 is 0. The average Bonchev–Trinajstić information content (AvgIpc) is 3.18. The molecule has 6 unspecified atom stereocenters. The van der Waals surface area contributed by atoms with Crippen molar-refractivity contribution in [3.63, 3.8) is 0 Å². The molecule has 0 saturated carbocycles. The zero-order valence-corrected chi connectivity index (χ0v) is 23.2. The van der Waals surface area contributed by atoms with Gasteiger partial charge in [0.25, 0.3) is 0 Å². The van der Waals surface area contributed by atoms with Crippen LogP contribution in [0.4, 0.5) is 0 Å². The minimum absolute atomic E-state index is 0.0220. The maximum atomic E-state index is 13.5. The number of Topliss-reactive ketones (excluding diaryl/α,β-unsaturated/α-hetero) is 1. The summed E-state index contributed by atoms with van der Waals surface area (Å²) < 4.78 is 17.3. The second kappa shape index (κ2) is 10.7. The Morgan fingerprint density at radius 2 is 1.95 bits per heavy atom. The van der Waals surface area contributed by atoms with E-state index in [1.54, 1.807) is 32.0 Å². The molecule has 0 spiro atoms. The van der Waals surface area contributed by atoms with Crippen molar-refractivity contribution in [2.75, 3.05) is 0 Å². The van der Waals surface area contributed by atoms with Gasteiger partial charge < -0.3 is 29.8 Å². The Morgan fingerprint density at radius 1 is 1.21 bits per heavy atom. The Bertz CT molecular complexity index is 1180. The third-order valence-electron chi connectivity index (χ3n) is 8.65. The number of hydrogen-bond donors (Lipinski definition) is 3. The van der Waals surface area contributed by atoms with Crippen LogP contribution in [0.15, 0.2) is 22.6 Å². The summed E-state index contributed by atoms with van der Waals surface area (Å²) in [6.45, 7) is 9.53. The Balaban J connectivity index is 1.65. The lowest BCUT2D eigenvalue weighted by atomic mass is 9.72. The van der Waals surface area contributed by atoms with Crippen LogP contribution in [0.2, 0.25) is 0 Å². The average molecular weight is 531 g/mol. The van der Waals surface area contributed by atoms with Crippen LogP contribution in [0, 0.1) is 17.3 Å². The van der Waals surface area contributed by atoms with E-state index in [2.05, 4.69) is 11.9 Å². The third kappa shape index (κ3) is 5.66. The molecular formula is C29H42N2O7. The quantitative estimate of drug-likeness (QED) is 0.389.